The van der Waals surface area contributed by atoms with Gasteiger partial charge in [0.2, 0.25) is 0 Å². The number of nitrogens with two attached hydrogens (primary N) is 1. The Kier molecular flexibility index (Phi) is 2.76. The zero-order valence-corrected chi connectivity index (χ0v) is 12.8. The molecule has 0 aliphatic heterocycles. The van der Waals surface area contributed by atoms with Gasteiger partial charge in [0.25, 0.3) is 0 Å². The van der Waals surface area contributed by atoms with Gasteiger partial charge in [-0.05, 0) is 46.3 Å². The number of benzene rings is 3. The molecule has 0 radical (unpaired) electrons. The molecule has 21 heavy (non-hydrogen) atoms. The first-order valence-corrected chi connectivity index (χ1v) is 7.59. The van der Waals surface area contributed by atoms with E-state index in [-0.39, 0.29) is 0 Å². The van der Waals surface area contributed by atoms with E-state index in [2.05, 4.69) is 75.1 Å². The average Bonchev–Trinajstić information content (AvgIpc) is 2.87. The first-order chi connectivity index (χ1) is 10.3. The highest BCUT2D eigenvalue weighted by atomic mass is 79.9. The zero-order valence-electron chi connectivity index (χ0n) is 11.3. The number of nitrogen functional groups attached to an aromatic ring is 1. The lowest BCUT2D eigenvalue weighted by molar-refractivity contribution is 1.18. The minimum atomic E-state index is 0.790. The number of rotatable bonds is 1. The Labute approximate surface area is 130 Å². The van der Waals surface area contributed by atoms with Gasteiger partial charge in [-0.15, -0.1) is 0 Å². The Hall–Kier alpha value is -2.26. The number of nitrogens with zero attached hydrogens (tertiary/aromatic N) is 1. The largest absolute Gasteiger partial charge is 0.397 e. The molecule has 4 aromatic rings. The van der Waals surface area contributed by atoms with Gasteiger partial charge in [-0.25, -0.2) is 0 Å². The Morgan fingerprint density at radius 3 is 2.29 bits per heavy atom. The van der Waals surface area contributed by atoms with Crippen molar-refractivity contribution in [1.82, 2.24) is 4.57 Å². The molecule has 102 valence electrons. The number of hydrogen-bond acceptors (Lipinski definition) is 1. The van der Waals surface area contributed by atoms with Crippen molar-refractivity contribution in [1.29, 1.82) is 0 Å². The number of halogens is 1. The van der Waals surface area contributed by atoms with Crippen LogP contribution in [0.2, 0.25) is 0 Å². The average molecular weight is 337 g/mol. The van der Waals surface area contributed by atoms with Crippen LogP contribution in [0.4, 0.5) is 5.69 Å². The standard InChI is InChI=1S/C18H13BrN2/c19-14-10-11-16-17(18(14)20)13-8-4-5-9-15(13)21(16)12-6-2-1-3-7-12/h1-11H,20H2. The molecule has 1 aromatic heterocycles. The van der Waals surface area contributed by atoms with Crippen LogP contribution in [0.5, 0.6) is 0 Å². The van der Waals surface area contributed by atoms with E-state index in [9.17, 15) is 0 Å². The first kappa shape index (κ1) is 12.5. The molecule has 0 aliphatic rings. The van der Waals surface area contributed by atoms with Crippen molar-refractivity contribution < 1.29 is 0 Å². The molecule has 0 saturated heterocycles. The Balaban J connectivity index is 2.26. The summed E-state index contributed by atoms with van der Waals surface area (Å²) in [6.07, 6.45) is 0. The van der Waals surface area contributed by atoms with Crippen molar-refractivity contribution in [3.05, 3.63) is 71.2 Å². The van der Waals surface area contributed by atoms with E-state index in [1.54, 1.807) is 0 Å². The predicted molar refractivity (Wildman–Crippen MR) is 92.9 cm³/mol. The van der Waals surface area contributed by atoms with E-state index >= 15 is 0 Å². The molecule has 0 fully saturated rings. The molecular formula is C18H13BrN2. The van der Waals surface area contributed by atoms with E-state index in [1.807, 2.05) is 12.1 Å². The van der Waals surface area contributed by atoms with Gasteiger partial charge >= 0.3 is 0 Å². The highest BCUT2D eigenvalue weighted by molar-refractivity contribution is 9.10. The van der Waals surface area contributed by atoms with Crippen LogP contribution in [-0.4, -0.2) is 4.57 Å². The second kappa shape index (κ2) is 4.64. The van der Waals surface area contributed by atoms with Crippen LogP contribution in [0.3, 0.4) is 0 Å². The number of fused-ring (bicyclic) bond motifs is 3. The normalized spacial score (nSPS) is 11.3. The summed E-state index contributed by atoms with van der Waals surface area (Å²) in [5.41, 5.74) is 10.5. The molecular weight excluding hydrogens is 324 g/mol. The summed E-state index contributed by atoms with van der Waals surface area (Å²) < 4.78 is 3.19. The maximum Gasteiger partial charge on any atom is 0.0562 e. The predicted octanol–water partition coefficient (Wildman–Crippen LogP) is 5.13. The monoisotopic (exact) mass is 336 g/mol. The van der Waals surface area contributed by atoms with Crippen LogP contribution in [-0.2, 0) is 0 Å². The quantitative estimate of drug-likeness (QED) is 0.480. The van der Waals surface area contributed by atoms with Gasteiger partial charge in [0, 0.05) is 20.9 Å². The lowest BCUT2D eigenvalue weighted by Gasteiger charge is -2.07. The van der Waals surface area contributed by atoms with E-state index in [4.69, 9.17) is 5.73 Å². The molecule has 0 atom stereocenters. The topological polar surface area (TPSA) is 30.9 Å². The fourth-order valence-electron chi connectivity index (χ4n) is 2.92. The van der Waals surface area contributed by atoms with Crippen molar-refractivity contribution in [2.45, 2.75) is 0 Å². The SMILES string of the molecule is Nc1c(Br)ccc2c1c1ccccc1n2-c1ccccc1. The smallest absolute Gasteiger partial charge is 0.0562 e. The van der Waals surface area contributed by atoms with Crippen molar-refractivity contribution in [2.75, 3.05) is 5.73 Å². The molecule has 3 heteroatoms. The highest BCUT2D eigenvalue weighted by Gasteiger charge is 2.14. The van der Waals surface area contributed by atoms with E-state index < -0.39 is 0 Å². The molecule has 0 amide bonds. The summed E-state index contributed by atoms with van der Waals surface area (Å²) in [5, 5.41) is 2.28. The molecule has 3 aromatic carbocycles. The molecule has 0 aliphatic carbocycles. The van der Waals surface area contributed by atoms with Crippen molar-refractivity contribution in [3.8, 4) is 5.69 Å². The summed E-state index contributed by atoms with van der Waals surface area (Å²) in [6.45, 7) is 0. The fraction of sp³-hybridized carbons (Fsp3) is 0. The van der Waals surface area contributed by atoms with Crippen molar-refractivity contribution in [3.63, 3.8) is 0 Å². The van der Waals surface area contributed by atoms with Crippen LogP contribution in [0.15, 0.2) is 71.2 Å². The van der Waals surface area contributed by atoms with Crippen molar-refractivity contribution in [2.24, 2.45) is 0 Å². The van der Waals surface area contributed by atoms with Crippen molar-refractivity contribution >= 4 is 43.4 Å². The van der Waals surface area contributed by atoms with Gasteiger partial charge in [0.05, 0.1) is 16.7 Å². The summed E-state index contributed by atoms with van der Waals surface area (Å²) >= 11 is 3.53. The zero-order chi connectivity index (χ0) is 14.4. The number of aromatic nitrogens is 1. The highest BCUT2D eigenvalue weighted by Crippen LogP contribution is 2.38. The Bertz CT molecular complexity index is 955. The molecule has 4 rings (SSSR count). The minimum Gasteiger partial charge on any atom is -0.397 e. The van der Waals surface area contributed by atoms with Gasteiger partial charge in [0.1, 0.15) is 0 Å². The van der Waals surface area contributed by atoms with Gasteiger partial charge in [0.15, 0.2) is 0 Å². The third-order valence-corrected chi connectivity index (χ3v) is 4.53. The number of hydrogen-bond donors (Lipinski definition) is 1. The van der Waals surface area contributed by atoms with Gasteiger partial charge in [-0.2, -0.15) is 0 Å². The maximum atomic E-state index is 6.32. The number of para-hydroxylation sites is 2. The molecule has 1 heterocycles. The van der Waals surface area contributed by atoms with E-state index in [0.29, 0.717) is 0 Å². The molecule has 2 N–H and O–H groups in total. The third-order valence-electron chi connectivity index (χ3n) is 3.84. The van der Waals surface area contributed by atoms with Crippen LogP contribution >= 0.6 is 15.9 Å². The van der Waals surface area contributed by atoms with E-state index in [1.165, 1.54) is 10.9 Å². The van der Waals surface area contributed by atoms with Crippen LogP contribution in [0.1, 0.15) is 0 Å². The molecule has 0 spiro atoms. The summed E-state index contributed by atoms with van der Waals surface area (Å²) in [5.74, 6) is 0. The summed E-state index contributed by atoms with van der Waals surface area (Å²) in [6, 6.07) is 22.9. The lowest BCUT2D eigenvalue weighted by Crippen LogP contribution is -1.93. The summed E-state index contributed by atoms with van der Waals surface area (Å²) in [7, 11) is 0. The minimum absolute atomic E-state index is 0.790. The molecule has 0 saturated carbocycles. The fourth-order valence-corrected chi connectivity index (χ4v) is 3.25. The van der Waals surface area contributed by atoms with Gasteiger partial charge < -0.3 is 10.3 Å². The molecule has 0 bridgehead atoms. The summed E-state index contributed by atoms with van der Waals surface area (Å²) in [4.78, 5) is 0. The van der Waals surface area contributed by atoms with Crippen LogP contribution in [0, 0.1) is 0 Å². The van der Waals surface area contributed by atoms with Gasteiger partial charge in [-0.1, -0.05) is 36.4 Å². The Morgan fingerprint density at radius 2 is 1.48 bits per heavy atom. The lowest BCUT2D eigenvalue weighted by atomic mass is 10.1. The number of anilines is 1. The second-order valence-electron chi connectivity index (χ2n) is 5.04. The van der Waals surface area contributed by atoms with E-state index in [0.717, 1.165) is 26.8 Å². The Morgan fingerprint density at radius 1 is 0.762 bits per heavy atom. The third kappa shape index (κ3) is 1.78. The molecule has 0 unspecified atom stereocenters. The second-order valence-corrected chi connectivity index (χ2v) is 5.90. The first-order valence-electron chi connectivity index (χ1n) is 6.80. The molecule has 2 nitrogen and oxygen atoms in total. The van der Waals surface area contributed by atoms with Gasteiger partial charge in [-0.3, -0.25) is 0 Å². The van der Waals surface area contributed by atoms with Crippen LogP contribution in [0.25, 0.3) is 27.5 Å². The maximum absolute atomic E-state index is 6.32. The van der Waals surface area contributed by atoms with Crippen LogP contribution < -0.4 is 5.73 Å².